The summed E-state index contributed by atoms with van der Waals surface area (Å²) in [5.74, 6) is -0.155. The molecular formula is C23H19FN4O2S. The number of aromatic nitrogens is 4. The topological polar surface area (TPSA) is 61.3 Å². The minimum Gasteiger partial charge on any atom is -0.271 e. The van der Waals surface area contributed by atoms with Crippen molar-refractivity contribution < 1.29 is 4.39 Å². The van der Waals surface area contributed by atoms with Crippen molar-refractivity contribution in [1.82, 2.24) is 18.7 Å². The van der Waals surface area contributed by atoms with Gasteiger partial charge < -0.3 is 0 Å². The maximum Gasteiger partial charge on any atom is 0.352 e. The highest BCUT2D eigenvalue weighted by molar-refractivity contribution is 7.17. The molecule has 2 aromatic carbocycles. The van der Waals surface area contributed by atoms with Crippen molar-refractivity contribution in [2.45, 2.75) is 26.4 Å². The molecule has 0 saturated heterocycles. The van der Waals surface area contributed by atoms with Crippen molar-refractivity contribution in [2.75, 3.05) is 0 Å². The first-order valence-electron chi connectivity index (χ1n) is 9.97. The molecule has 3 aromatic heterocycles. The lowest BCUT2D eigenvalue weighted by Crippen LogP contribution is -2.26. The van der Waals surface area contributed by atoms with Crippen LogP contribution in [0.4, 0.5) is 4.39 Å². The van der Waals surface area contributed by atoms with Gasteiger partial charge in [0.15, 0.2) is 0 Å². The van der Waals surface area contributed by atoms with E-state index < -0.39 is 11.5 Å². The lowest BCUT2D eigenvalue weighted by Gasteiger charge is -2.08. The van der Waals surface area contributed by atoms with Gasteiger partial charge in [0.1, 0.15) is 10.5 Å². The van der Waals surface area contributed by atoms with Gasteiger partial charge in [-0.3, -0.25) is 9.36 Å². The highest BCUT2D eigenvalue weighted by Gasteiger charge is 2.19. The van der Waals surface area contributed by atoms with Gasteiger partial charge in [-0.25, -0.2) is 18.3 Å². The van der Waals surface area contributed by atoms with E-state index >= 15 is 0 Å². The zero-order valence-electron chi connectivity index (χ0n) is 16.8. The van der Waals surface area contributed by atoms with Crippen LogP contribution in [0.5, 0.6) is 0 Å². The fourth-order valence-corrected chi connectivity index (χ4v) is 4.55. The van der Waals surface area contributed by atoms with Crippen LogP contribution in [-0.2, 0) is 19.5 Å². The third-order valence-electron chi connectivity index (χ3n) is 5.44. The van der Waals surface area contributed by atoms with E-state index in [1.807, 2.05) is 24.3 Å². The predicted molar refractivity (Wildman–Crippen MR) is 120 cm³/mol. The van der Waals surface area contributed by atoms with Gasteiger partial charge in [0, 0.05) is 5.56 Å². The number of nitrogens with zero attached hydrogens (tertiary/aromatic N) is 4. The van der Waals surface area contributed by atoms with Gasteiger partial charge in [-0.05, 0) is 35.1 Å². The summed E-state index contributed by atoms with van der Waals surface area (Å²) in [6.07, 6.45) is 0.932. The maximum atomic E-state index is 14.2. The number of hydrogen-bond donors (Lipinski definition) is 0. The Bertz CT molecular complexity index is 1530. The lowest BCUT2D eigenvalue weighted by molar-refractivity contribution is 0.577. The van der Waals surface area contributed by atoms with Gasteiger partial charge in [0.05, 0.1) is 18.6 Å². The standard InChI is InChI=1S/C23H19FN4O2S/c1-2-15-7-9-16(10-8-15)13-26-21(29)20-19(11-12-31-20)28-22(26)25-27(23(28)30)14-17-5-3-4-6-18(17)24/h3-12H,2,13-14H2,1H3. The van der Waals surface area contributed by atoms with Crippen LogP contribution in [0.2, 0.25) is 0 Å². The Hall–Kier alpha value is -3.52. The van der Waals surface area contributed by atoms with E-state index in [0.717, 1.165) is 12.0 Å². The van der Waals surface area contributed by atoms with Gasteiger partial charge in [0.25, 0.3) is 5.56 Å². The Morgan fingerprint density at radius 1 is 0.968 bits per heavy atom. The van der Waals surface area contributed by atoms with Crippen molar-refractivity contribution in [3.8, 4) is 0 Å². The quantitative estimate of drug-likeness (QED) is 0.424. The van der Waals surface area contributed by atoms with E-state index in [0.29, 0.717) is 15.8 Å². The fourth-order valence-electron chi connectivity index (χ4n) is 3.73. The molecule has 0 bridgehead atoms. The van der Waals surface area contributed by atoms with Crippen LogP contribution in [0.3, 0.4) is 0 Å². The summed E-state index contributed by atoms with van der Waals surface area (Å²) in [5, 5.41) is 6.22. The zero-order valence-corrected chi connectivity index (χ0v) is 17.6. The summed E-state index contributed by atoms with van der Waals surface area (Å²) in [6, 6.07) is 16.1. The smallest absolute Gasteiger partial charge is 0.271 e. The molecule has 156 valence electrons. The highest BCUT2D eigenvalue weighted by Crippen LogP contribution is 2.18. The third kappa shape index (κ3) is 3.29. The lowest BCUT2D eigenvalue weighted by atomic mass is 10.1. The van der Waals surface area contributed by atoms with E-state index in [-0.39, 0.29) is 24.4 Å². The second kappa shape index (κ2) is 7.63. The Kier molecular flexibility index (Phi) is 4.78. The Morgan fingerprint density at radius 2 is 1.71 bits per heavy atom. The minimum absolute atomic E-state index is 0.0157. The molecule has 31 heavy (non-hydrogen) atoms. The summed E-state index contributed by atoms with van der Waals surface area (Å²) in [4.78, 5) is 26.4. The number of aryl methyl sites for hydroxylation is 1. The molecule has 0 atom stereocenters. The van der Waals surface area contributed by atoms with Crippen molar-refractivity contribution >= 4 is 27.3 Å². The molecule has 0 aliphatic heterocycles. The molecule has 5 aromatic rings. The molecule has 0 amide bonds. The fraction of sp³-hybridized carbons (Fsp3) is 0.174. The first-order valence-corrected chi connectivity index (χ1v) is 10.9. The molecule has 0 fully saturated rings. The predicted octanol–water partition coefficient (Wildman–Crippen LogP) is 3.67. The number of hydrogen-bond acceptors (Lipinski definition) is 4. The number of thiophene rings is 1. The van der Waals surface area contributed by atoms with Crippen LogP contribution >= 0.6 is 11.3 Å². The summed E-state index contributed by atoms with van der Waals surface area (Å²) in [7, 11) is 0. The summed E-state index contributed by atoms with van der Waals surface area (Å²) in [6.45, 7) is 2.36. The van der Waals surface area contributed by atoms with E-state index in [2.05, 4.69) is 12.0 Å². The van der Waals surface area contributed by atoms with E-state index in [4.69, 9.17) is 0 Å². The van der Waals surface area contributed by atoms with Gasteiger partial charge in [-0.2, -0.15) is 0 Å². The Morgan fingerprint density at radius 3 is 2.45 bits per heavy atom. The van der Waals surface area contributed by atoms with Gasteiger partial charge in [-0.1, -0.05) is 49.4 Å². The molecule has 0 aliphatic carbocycles. The number of rotatable bonds is 5. The average Bonchev–Trinajstić information content (AvgIpc) is 3.38. The number of benzene rings is 2. The Labute approximate surface area is 180 Å². The van der Waals surface area contributed by atoms with Crippen LogP contribution in [0.15, 0.2) is 69.6 Å². The second-order valence-electron chi connectivity index (χ2n) is 7.36. The molecule has 3 heterocycles. The summed E-state index contributed by atoms with van der Waals surface area (Å²) in [5.41, 5.74) is 2.43. The van der Waals surface area contributed by atoms with Crippen molar-refractivity contribution in [3.05, 3.63) is 103 Å². The van der Waals surface area contributed by atoms with Gasteiger partial charge in [0.2, 0.25) is 5.78 Å². The zero-order chi connectivity index (χ0) is 21.5. The van der Waals surface area contributed by atoms with E-state index in [1.165, 1.54) is 36.6 Å². The second-order valence-corrected chi connectivity index (χ2v) is 8.28. The summed E-state index contributed by atoms with van der Waals surface area (Å²) >= 11 is 1.29. The van der Waals surface area contributed by atoms with Crippen LogP contribution in [-0.4, -0.2) is 18.7 Å². The number of halogens is 1. The van der Waals surface area contributed by atoms with Gasteiger partial charge >= 0.3 is 5.69 Å². The van der Waals surface area contributed by atoms with E-state index in [1.54, 1.807) is 29.6 Å². The molecule has 0 unspecified atom stereocenters. The molecule has 0 spiro atoms. The normalized spacial score (nSPS) is 11.5. The van der Waals surface area contributed by atoms with Crippen molar-refractivity contribution in [1.29, 1.82) is 0 Å². The SMILES string of the molecule is CCc1ccc(Cn2c(=O)c3sccc3n3c(=O)n(Cc4ccccc4F)nc23)cc1. The average molecular weight is 434 g/mol. The molecular weight excluding hydrogens is 415 g/mol. The molecule has 0 saturated carbocycles. The minimum atomic E-state index is -0.406. The van der Waals surface area contributed by atoms with E-state index in [9.17, 15) is 14.0 Å². The molecule has 0 N–H and O–H groups in total. The molecule has 6 nitrogen and oxygen atoms in total. The first kappa shape index (κ1) is 19.4. The molecule has 5 rings (SSSR count). The Balaban J connectivity index is 1.70. The monoisotopic (exact) mass is 434 g/mol. The molecule has 0 aliphatic rings. The third-order valence-corrected chi connectivity index (χ3v) is 6.33. The first-order chi connectivity index (χ1) is 15.1. The van der Waals surface area contributed by atoms with Gasteiger partial charge in [-0.15, -0.1) is 16.4 Å². The largest absolute Gasteiger partial charge is 0.352 e. The van der Waals surface area contributed by atoms with Crippen molar-refractivity contribution in [2.24, 2.45) is 0 Å². The van der Waals surface area contributed by atoms with Crippen LogP contribution in [0.25, 0.3) is 16.0 Å². The van der Waals surface area contributed by atoms with Crippen molar-refractivity contribution in [3.63, 3.8) is 0 Å². The summed E-state index contributed by atoms with van der Waals surface area (Å²) < 4.78 is 18.8. The maximum absolute atomic E-state index is 14.2. The van der Waals surface area contributed by atoms with Crippen LogP contribution in [0.1, 0.15) is 23.6 Å². The van der Waals surface area contributed by atoms with Crippen LogP contribution in [0, 0.1) is 5.82 Å². The highest BCUT2D eigenvalue weighted by atomic mass is 32.1. The van der Waals surface area contributed by atoms with Crippen LogP contribution < -0.4 is 11.2 Å². The molecule has 8 heteroatoms. The number of fused-ring (bicyclic) bond motifs is 3. The molecule has 0 radical (unpaired) electrons.